The summed E-state index contributed by atoms with van der Waals surface area (Å²) in [5.74, 6) is 0. The van der Waals surface area contributed by atoms with Crippen molar-refractivity contribution in [3.8, 4) is 0 Å². The third kappa shape index (κ3) is 1.11. The van der Waals surface area contributed by atoms with Crippen LogP contribution in [0.25, 0.3) is 10.9 Å². The van der Waals surface area contributed by atoms with Crippen molar-refractivity contribution < 1.29 is 0 Å². The van der Waals surface area contributed by atoms with Crippen molar-refractivity contribution in [2.45, 2.75) is 6.92 Å². The lowest BCUT2D eigenvalue weighted by Gasteiger charge is -2.04. The maximum atomic E-state index is 11.3. The lowest BCUT2D eigenvalue weighted by molar-refractivity contribution is 0.880. The number of rotatable bonds is 0. The third-order valence-corrected chi connectivity index (χ3v) is 2.09. The molecule has 0 saturated carbocycles. The average molecular weight is 175 g/mol. The van der Waals surface area contributed by atoms with Crippen molar-refractivity contribution in [2.24, 2.45) is 7.05 Å². The van der Waals surface area contributed by atoms with E-state index in [1.165, 1.54) is 6.07 Å². The molecule has 0 radical (unpaired) electrons. The van der Waals surface area contributed by atoms with Crippen molar-refractivity contribution in [1.82, 2.24) is 14.8 Å². The molecular formula is C9H9N3O. The molecule has 0 aromatic carbocycles. The molecular weight excluding hydrogens is 166 g/mol. The van der Waals surface area contributed by atoms with Gasteiger partial charge in [-0.1, -0.05) is 0 Å². The summed E-state index contributed by atoms with van der Waals surface area (Å²) in [5.41, 5.74) is 1.60. The van der Waals surface area contributed by atoms with Crippen LogP contribution in [0.5, 0.6) is 0 Å². The second-order valence-corrected chi connectivity index (χ2v) is 2.96. The fourth-order valence-electron chi connectivity index (χ4n) is 1.44. The molecule has 0 fully saturated rings. The molecule has 13 heavy (non-hydrogen) atoms. The van der Waals surface area contributed by atoms with Gasteiger partial charge in [-0.15, -0.1) is 0 Å². The zero-order valence-electron chi connectivity index (χ0n) is 7.48. The zero-order chi connectivity index (χ0) is 9.42. The molecule has 0 saturated heterocycles. The Hall–Kier alpha value is -1.71. The van der Waals surface area contributed by atoms with Crippen LogP contribution < -0.4 is 5.56 Å². The van der Waals surface area contributed by atoms with Crippen LogP contribution in [0.1, 0.15) is 5.69 Å². The predicted octanol–water partition coefficient (Wildman–Crippen LogP) is 0.637. The summed E-state index contributed by atoms with van der Waals surface area (Å²) < 4.78 is 1.58. The molecule has 0 aliphatic carbocycles. The van der Waals surface area contributed by atoms with Crippen molar-refractivity contribution in [1.29, 1.82) is 0 Å². The Morgan fingerprint density at radius 2 is 2.15 bits per heavy atom. The van der Waals surface area contributed by atoms with E-state index < -0.39 is 0 Å². The minimum atomic E-state index is -0.0244. The number of hydrogen-bond acceptors (Lipinski definition) is 3. The molecule has 4 heteroatoms. The first-order valence-electron chi connectivity index (χ1n) is 3.98. The van der Waals surface area contributed by atoms with Crippen LogP contribution in [0, 0.1) is 6.92 Å². The summed E-state index contributed by atoms with van der Waals surface area (Å²) in [6, 6.07) is 3.29. The lowest BCUT2D eigenvalue weighted by atomic mass is 10.2. The van der Waals surface area contributed by atoms with Crippen LogP contribution in [0.2, 0.25) is 0 Å². The second kappa shape index (κ2) is 2.65. The smallest absolute Gasteiger partial charge is 0.250 e. The van der Waals surface area contributed by atoms with Gasteiger partial charge in [0.15, 0.2) is 0 Å². The third-order valence-electron chi connectivity index (χ3n) is 2.09. The van der Waals surface area contributed by atoms with Gasteiger partial charge in [0.25, 0.3) is 5.56 Å². The summed E-state index contributed by atoms with van der Waals surface area (Å²) in [5, 5.41) is 8.66. The van der Waals surface area contributed by atoms with Gasteiger partial charge < -0.3 is 4.57 Å². The maximum absolute atomic E-state index is 11.3. The summed E-state index contributed by atoms with van der Waals surface area (Å²) in [6.07, 6.45) is 1.65. The summed E-state index contributed by atoms with van der Waals surface area (Å²) >= 11 is 0. The average Bonchev–Trinajstić information content (AvgIpc) is 2.12. The molecule has 0 unspecified atom stereocenters. The van der Waals surface area contributed by atoms with Crippen LogP contribution in [-0.4, -0.2) is 14.8 Å². The largest absolute Gasteiger partial charge is 0.310 e. The number of nitrogens with zero attached hydrogens (tertiary/aromatic N) is 3. The Kier molecular flexibility index (Phi) is 1.62. The number of aryl methyl sites for hydroxylation is 2. The molecule has 0 spiro atoms. The quantitative estimate of drug-likeness (QED) is 0.590. The maximum Gasteiger partial charge on any atom is 0.250 e. The van der Waals surface area contributed by atoms with Crippen LogP contribution in [0.4, 0.5) is 0 Å². The van der Waals surface area contributed by atoms with Gasteiger partial charge in [-0.05, 0) is 13.0 Å². The molecule has 2 aromatic rings. The van der Waals surface area contributed by atoms with Crippen molar-refractivity contribution in [2.75, 3.05) is 0 Å². The van der Waals surface area contributed by atoms with Gasteiger partial charge in [0.1, 0.15) is 0 Å². The standard InChI is InChI=1S/C9H9N3O/c1-6-9-7(5-10-11-6)3-4-8(13)12(9)2/h3-5H,1-2H3. The van der Waals surface area contributed by atoms with Gasteiger partial charge in [-0.2, -0.15) is 10.2 Å². The lowest BCUT2D eigenvalue weighted by Crippen LogP contribution is -2.16. The Bertz CT molecular complexity index is 516. The van der Waals surface area contributed by atoms with E-state index >= 15 is 0 Å². The first-order valence-corrected chi connectivity index (χ1v) is 3.98. The van der Waals surface area contributed by atoms with E-state index in [9.17, 15) is 4.79 Å². The van der Waals surface area contributed by atoms with E-state index in [-0.39, 0.29) is 5.56 Å². The number of pyridine rings is 1. The summed E-state index contributed by atoms with van der Waals surface area (Å²) in [7, 11) is 1.74. The monoisotopic (exact) mass is 175 g/mol. The minimum absolute atomic E-state index is 0.0244. The Morgan fingerprint density at radius 1 is 1.38 bits per heavy atom. The van der Waals surface area contributed by atoms with Crippen LogP contribution in [0.3, 0.4) is 0 Å². The molecule has 0 amide bonds. The fourth-order valence-corrected chi connectivity index (χ4v) is 1.44. The highest BCUT2D eigenvalue weighted by molar-refractivity contribution is 5.79. The highest BCUT2D eigenvalue weighted by Crippen LogP contribution is 2.10. The normalized spacial score (nSPS) is 10.6. The highest BCUT2D eigenvalue weighted by atomic mass is 16.1. The molecule has 0 aliphatic heterocycles. The van der Waals surface area contributed by atoms with Gasteiger partial charge in [0.05, 0.1) is 17.4 Å². The van der Waals surface area contributed by atoms with E-state index in [2.05, 4.69) is 10.2 Å². The van der Waals surface area contributed by atoms with Gasteiger partial charge in [-0.25, -0.2) is 0 Å². The molecule has 4 nitrogen and oxygen atoms in total. The Balaban J connectivity index is 3.05. The van der Waals surface area contributed by atoms with E-state index in [1.54, 1.807) is 23.9 Å². The molecule has 0 N–H and O–H groups in total. The van der Waals surface area contributed by atoms with Crippen molar-refractivity contribution in [3.05, 3.63) is 34.4 Å². The summed E-state index contributed by atoms with van der Waals surface area (Å²) in [4.78, 5) is 11.3. The fraction of sp³-hybridized carbons (Fsp3) is 0.222. The molecule has 0 aliphatic rings. The summed E-state index contributed by atoms with van der Waals surface area (Å²) in [6.45, 7) is 1.84. The van der Waals surface area contributed by atoms with E-state index in [0.717, 1.165) is 16.6 Å². The number of aromatic nitrogens is 3. The first-order chi connectivity index (χ1) is 6.20. The molecule has 2 rings (SSSR count). The van der Waals surface area contributed by atoms with Crippen molar-refractivity contribution in [3.63, 3.8) is 0 Å². The van der Waals surface area contributed by atoms with Gasteiger partial charge in [-0.3, -0.25) is 4.79 Å². The molecule has 0 atom stereocenters. The predicted molar refractivity (Wildman–Crippen MR) is 49.5 cm³/mol. The Labute approximate surface area is 74.8 Å². The topological polar surface area (TPSA) is 47.8 Å². The van der Waals surface area contributed by atoms with Gasteiger partial charge in [0, 0.05) is 18.5 Å². The zero-order valence-corrected chi connectivity index (χ0v) is 7.48. The number of fused-ring (bicyclic) bond motifs is 1. The van der Waals surface area contributed by atoms with Gasteiger partial charge >= 0.3 is 0 Å². The SMILES string of the molecule is Cc1nncc2ccc(=O)n(C)c12. The van der Waals surface area contributed by atoms with Crippen LogP contribution >= 0.6 is 0 Å². The van der Waals surface area contributed by atoms with E-state index in [4.69, 9.17) is 0 Å². The van der Waals surface area contributed by atoms with Crippen LogP contribution in [-0.2, 0) is 7.05 Å². The van der Waals surface area contributed by atoms with Crippen molar-refractivity contribution >= 4 is 10.9 Å². The number of hydrogen-bond donors (Lipinski definition) is 0. The van der Waals surface area contributed by atoms with Gasteiger partial charge in [0.2, 0.25) is 0 Å². The highest BCUT2D eigenvalue weighted by Gasteiger charge is 2.02. The molecule has 2 aromatic heterocycles. The first kappa shape index (κ1) is 7.91. The van der Waals surface area contributed by atoms with Crippen LogP contribution in [0.15, 0.2) is 23.1 Å². The molecule has 66 valence electrons. The molecule has 0 bridgehead atoms. The second-order valence-electron chi connectivity index (χ2n) is 2.96. The van der Waals surface area contributed by atoms with E-state index in [0.29, 0.717) is 0 Å². The Morgan fingerprint density at radius 3 is 2.92 bits per heavy atom. The minimum Gasteiger partial charge on any atom is -0.310 e. The molecule has 2 heterocycles. The van der Waals surface area contributed by atoms with E-state index in [1.807, 2.05) is 6.92 Å².